The fourth-order valence-electron chi connectivity index (χ4n) is 2.03. The van der Waals surface area contributed by atoms with Crippen molar-refractivity contribution < 1.29 is 13.5 Å². The summed E-state index contributed by atoms with van der Waals surface area (Å²) in [4.78, 5) is 8.70. The van der Waals surface area contributed by atoms with Gasteiger partial charge in [-0.15, -0.1) is 0 Å². The molecule has 0 fully saturated rings. The largest absolute Gasteiger partial charge is 0.505 e. The average Bonchev–Trinajstić information content (AvgIpc) is 2.51. The Morgan fingerprint density at radius 1 is 1.13 bits per heavy atom. The zero-order chi connectivity index (χ0) is 16.6. The Morgan fingerprint density at radius 2 is 1.83 bits per heavy atom. The van der Waals surface area contributed by atoms with Crippen LogP contribution in [0.5, 0.6) is 5.75 Å². The maximum absolute atomic E-state index is 11.4. The lowest BCUT2D eigenvalue weighted by Gasteiger charge is -2.08. The van der Waals surface area contributed by atoms with E-state index in [1.165, 1.54) is 12.1 Å². The van der Waals surface area contributed by atoms with E-state index in [0.29, 0.717) is 27.0 Å². The number of anilines is 2. The third kappa shape index (κ3) is 3.27. The number of phenolic OH excluding ortho intramolecular Hbond substituents is 1. The van der Waals surface area contributed by atoms with Gasteiger partial charge in [0, 0.05) is 23.5 Å². The van der Waals surface area contributed by atoms with Crippen LogP contribution in [-0.4, -0.2) is 29.7 Å². The number of aromatic nitrogens is 2. The van der Waals surface area contributed by atoms with E-state index < -0.39 is 9.84 Å². The molecular weight excluding hydrogens is 382 g/mol. The number of halogens is 1. The maximum atomic E-state index is 11.4. The van der Waals surface area contributed by atoms with Gasteiger partial charge in [-0.3, -0.25) is 0 Å². The first-order valence-electron chi connectivity index (χ1n) is 6.56. The van der Waals surface area contributed by atoms with Crippen LogP contribution in [0.25, 0.3) is 10.9 Å². The molecule has 1 heterocycles. The molecule has 0 aliphatic carbocycles. The van der Waals surface area contributed by atoms with Gasteiger partial charge < -0.3 is 10.4 Å². The molecule has 0 radical (unpaired) electrons. The fourth-order valence-corrected chi connectivity index (χ4v) is 2.98. The van der Waals surface area contributed by atoms with Gasteiger partial charge in [0.2, 0.25) is 5.95 Å². The van der Waals surface area contributed by atoms with Crippen molar-refractivity contribution in [3.05, 3.63) is 47.1 Å². The highest BCUT2D eigenvalue weighted by atomic mass is 79.9. The second-order valence-electron chi connectivity index (χ2n) is 4.95. The van der Waals surface area contributed by atoms with Crippen LogP contribution in [0.4, 0.5) is 11.6 Å². The summed E-state index contributed by atoms with van der Waals surface area (Å²) in [6.45, 7) is 0. The van der Waals surface area contributed by atoms with E-state index in [4.69, 9.17) is 0 Å². The molecular formula is C15H12BrN3O3S. The van der Waals surface area contributed by atoms with Gasteiger partial charge in [-0.1, -0.05) is 0 Å². The summed E-state index contributed by atoms with van der Waals surface area (Å²) in [5.74, 6) is 0.346. The third-order valence-electron chi connectivity index (χ3n) is 3.22. The molecule has 0 spiro atoms. The highest BCUT2D eigenvalue weighted by Gasteiger charge is 2.09. The number of sulfone groups is 1. The Bertz CT molecular complexity index is 989. The second-order valence-corrected chi connectivity index (χ2v) is 7.82. The van der Waals surface area contributed by atoms with Crippen molar-refractivity contribution in [2.45, 2.75) is 4.90 Å². The smallest absolute Gasteiger partial charge is 0.227 e. The summed E-state index contributed by atoms with van der Waals surface area (Å²) in [6.07, 6.45) is 2.75. The molecule has 23 heavy (non-hydrogen) atoms. The summed E-state index contributed by atoms with van der Waals surface area (Å²) < 4.78 is 23.4. The monoisotopic (exact) mass is 393 g/mol. The Hall–Kier alpha value is -2.19. The Kier molecular flexibility index (Phi) is 3.95. The molecule has 2 aromatic carbocycles. The number of nitrogens with one attached hydrogen (secondary N) is 1. The van der Waals surface area contributed by atoms with E-state index in [0.717, 1.165) is 6.26 Å². The molecule has 0 amide bonds. The lowest BCUT2D eigenvalue weighted by atomic mass is 10.2. The van der Waals surface area contributed by atoms with Gasteiger partial charge in [0.1, 0.15) is 5.52 Å². The van der Waals surface area contributed by atoms with Gasteiger partial charge in [-0.05, 0) is 52.3 Å². The predicted octanol–water partition coefficient (Wildman–Crippen LogP) is 3.25. The van der Waals surface area contributed by atoms with Crippen LogP contribution in [0.15, 0.2) is 52.0 Å². The molecule has 3 rings (SSSR count). The highest BCUT2D eigenvalue weighted by Crippen LogP contribution is 2.31. The second kappa shape index (κ2) is 5.78. The summed E-state index contributed by atoms with van der Waals surface area (Å²) in [5, 5.41) is 13.7. The number of benzene rings is 2. The molecule has 0 unspecified atom stereocenters. The molecule has 1 aromatic heterocycles. The average molecular weight is 394 g/mol. The fraction of sp³-hybridized carbons (Fsp3) is 0.0667. The van der Waals surface area contributed by atoms with Gasteiger partial charge in [0.15, 0.2) is 15.6 Å². The minimum absolute atomic E-state index is 0.0420. The normalized spacial score (nSPS) is 11.6. The molecule has 0 aliphatic rings. The van der Waals surface area contributed by atoms with Crippen LogP contribution >= 0.6 is 15.9 Å². The van der Waals surface area contributed by atoms with Crippen LogP contribution in [0.1, 0.15) is 0 Å². The standard InChI is InChI=1S/C15H12BrN3O3S/c1-23(21,22)11-5-3-10(4-6-11)18-15-17-8-9-2-7-12(16)14(20)13(9)19-15/h2-8,20H,1H3,(H,17,18,19). The van der Waals surface area contributed by atoms with Crippen molar-refractivity contribution in [1.29, 1.82) is 0 Å². The van der Waals surface area contributed by atoms with E-state index in [1.807, 2.05) is 0 Å². The first-order valence-corrected chi connectivity index (χ1v) is 9.24. The number of phenols is 1. The number of fused-ring (bicyclic) bond motifs is 1. The molecule has 0 aliphatic heterocycles. The molecule has 2 N–H and O–H groups in total. The zero-order valence-electron chi connectivity index (χ0n) is 12.0. The lowest BCUT2D eigenvalue weighted by molar-refractivity contribution is 0.477. The predicted molar refractivity (Wildman–Crippen MR) is 91.7 cm³/mol. The van der Waals surface area contributed by atoms with Crippen molar-refractivity contribution in [3.63, 3.8) is 0 Å². The van der Waals surface area contributed by atoms with Crippen molar-refractivity contribution in [2.75, 3.05) is 11.6 Å². The first kappa shape index (κ1) is 15.7. The van der Waals surface area contributed by atoms with Crippen LogP contribution in [0, 0.1) is 0 Å². The van der Waals surface area contributed by atoms with Gasteiger partial charge >= 0.3 is 0 Å². The zero-order valence-corrected chi connectivity index (χ0v) is 14.4. The summed E-state index contributed by atoms with van der Waals surface area (Å²) in [5.41, 5.74) is 1.07. The Morgan fingerprint density at radius 3 is 2.48 bits per heavy atom. The van der Waals surface area contributed by atoms with Gasteiger partial charge in [0.25, 0.3) is 0 Å². The Labute approximate surface area is 141 Å². The van der Waals surface area contributed by atoms with Crippen LogP contribution in [-0.2, 0) is 9.84 Å². The molecule has 118 valence electrons. The van der Waals surface area contributed by atoms with Crippen molar-refractivity contribution >= 4 is 48.3 Å². The van der Waals surface area contributed by atoms with E-state index >= 15 is 0 Å². The number of hydrogen-bond acceptors (Lipinski definition) is 6. The summed E-state index contributed by atoms with van der Waals surface area (Å²) in [6, 6.07) is 9.79. The van der Waals surface area contributed by atoms with E-state index in [1.54, 1.807) is 30.5 Å². The number of hydrogen-bond donors (Lipinski definition) is 2. The SMILES string of the molecule is CS(=O)(=O)c1ccc(Nc2ncc3ccc(Br)c(O)c3n2)cc1. The summed E-state index contributed by atoms with van der Waals surface area (Å²) >= 11 is 3.25. The molecule has 0 saturated carbocycles. The third-order valence-corrected chi connectivity index (χ3v) is 4.98. The van der Waals surface area contributed by atoms with Crippen LogP contribution in [0.2, 0.25) is 0 Å². The molecule has 3 aromatic rings. The minimum atomic E-state index is -3.23. The molecule has 6 nitrogen and oxygen atoms in total. The van der Waals surface area contributed by atoms with Crippen molar-refractivity contribution in [1.82, 2.24) is 9.97 Å². The van der Waals surface area contributed by atoms with Crippen LogP contribution in [0.3, 0.4) is 0 Å². The number of aromatic hydroxyl groups is 1. The van der Waals surface area contributed by atoms with Crippen molar-refractivity contribution in [3.8, 4) is 5.75 Å². The molecule has 0 saturated heterocycles. The highest BCUT2D eigenvalue weighted by molar-refractivity contribution is 9.10. The van der Waals surface area contributed by atoms with Crippen molar-refractivity contribution in [2.24, 2.45) is 0 Å². The molecule has 0 bridgehead atoms. The minimum Gasteiger partial charge on any atom is -0.505 e. The maximum Gasteiger partial charge on any atom is 0.227 e. The molecule has 0 atom stereocenters. The number of nitrogens with zero attached hydrogens (tertiary/aromatic N) is 2. The van der Waals surface area contributed by atoms with E-state index in [2.05, 4.69) is 31.2 Å². The Balaban J connectivity index is 1.94. The first-order chi connectivity index (χ1) is 10.8. The topological polar surface area (TPSA) is 92.2 Å². The quantitative estimate of drug-likeness (QED) is 0.709. The number of rotatable bonds is 3. The van der Waals surface area contributed by atoms with Gasteiger partial charge in [-0.2, -0.15) is 0 Å². The molecule has 8 heteroatoms. The van der Waals surface area contributed by atoms with E-state index in [9.17, 15) is 13.5 Å². The van der Waals surface area contributed by atoms with Gasteiger partial charge in [-0.25, -0.2) is 18.4 Å². The van der Waals surface area contributed by atoms with Gasteiger partial charge in [0.05, 0.1) is 9.37 Å². The lowest BCUT2D eigenvalue weighted by Crippen LogP contribution is -1.99. The summed E-state index contributed by atoms with van der Waals surface area (Å²) in [7, 11) is -3.23. The van der Waals surface area contributed by atoms with Crippen LogP contribution < -0.4 is 5.32 Å². The van der Waals surface area contributed by atoms with E-state index in [-0.39, 0.29) is 10.6 Å².